The fourth-order valence-electron chi connectivity index (χ4n) is 2.56. The van der Waals surface area contributed by atoms with E-state index in [1.807, 2.05) is 20.8 Å². The van der Waals surface area contributed by atoms with Crippen LogP contribution in [0, 0.1) is 0 Å². The highest BCUT2D eigenvalue weighted by Gasteiger charge is 2.23. The van der Waals surface area contributed by atoms with Crippen molar-refractivity contribution in [2.45, 2.75) is 26.3 Å². The van der Waals surface area contributed by atoms with Gasteiger partial charge < -0.3 is 15.0 Å². The van der Waals surface area contributed by atoms with Crippen molar-refractivity contribution in [3.63, 3.8) is 0 Å². The largest absolute Gasteiger partial charge is 0.482 e. The maximum atomic E-state index is 12.3. The van der Waals surface area contributed by atoms with Crippen molar-refractivity contribution in [1.82, 2.24) is 9.78 Å². The Morgan fingerprint density at radius 1 is 1.24 bits per heavy atom. The molecule has 8 heteroatoms. The Bertz CT molecular complexity index is 822. The van der Waals surface area contributed by atoms with Crippen molar-refractivity contribution in [2.75, 3.05) is 29.2 Å². The molecule has 0 unspecified atom stereocenters. The molecule has 0 radical (unpaired) electrons. The van der Waals surface area contributed by atoms with Crippen molar-refractivity contribution in [3.05, 3.63) is 30.5 Å². The van der Waals surface area contributed by atoms with Crippen LogP contribution in [0.1, 0.15) is 20.8 Å². The highest BCUT2D eigenvalue weighted by molar-refractivity contribution is 6.01. The molecule has 1 aliphatic heterocycles. The van der Waals surface area contributed by atoms with Gasteiger partial charge in [0.2, 0.25) is 0 Å². The summed E-state index contributed by atoms with van der Waals surface area (Å²) in [5, 5.41) is 9.78. The van der Waals surface area contributed by atoms with Crippen LogP contribution in [0.2, 0.25) is 0 Å². The zero-order valence-electron chi connectivity index (χ0n) is 14.7. The molecule has 2 heterocycles. The van der Waals surface area contributed by atoms with Crippen LogP contribution in [0.5, 0.6) is 5.75 Å². The van der Waals surface area contributed by atoms with E-state index < -0.39 is 6.03 Å². The van der Waals surface area contributed by atoms with Crippen LogP contribution in [0.15, 0.2) is 30.5 Å². The number of benzene rings is 1. The number of amides is 3. The monoisotopic (exact) mass is 343 g/mol. The van der Waals surface area contributed by atoms with E-state index in [1.54, 1.807) is 42.2 Å². The molecule has 3 rings (SSSR count). The zero-order chi connectivity index (χ0) is 18.2. The summed E-state index contributed by atoms with van der Waals surface area (Å²) in [6, 6.07) is 6.50. The minimum Gasteiger partial charge on any atom is -0.482 e. The number of aromatic nitrogens is 2. The Morgan fingerprint density at radius 3 is 2.72 bits per heavy atom. The first-order valence-electron chi connectivity index (χ1n) is 7.91. The molecule has 0 bridgehead atoms. The van der Waals surface area contributed by atoms with Crippen LogP contribution in [0.25, 0.3) is 0 Å². The summed E-state index contributed by atoms with van der Waals surface area (Å²) in [6.07, 6.45) is 1.64. The number of anilines is 3. The van der Waals surface area contributed by atoms with Crippen molar-refractivity contribution < 1.29 is 14.3 Å². The van der Waals surface area contributed by atoms with E-state index in [0.29, 0.717) is 22.9 Å². The Hall–Kier alpha value is -3.03. The second kappa shape index (κ2) is 6.12. The first-order valence-corrected chi connectivity index (χ1v) is 7.91. The van der Waals surface area contributed by atoms with Crippen molar-refractivity contribution in [3.8, 4) is 5.75 Å². The summed E-state index contributed by atoms with van der Waals surface area (Å²) in [4.78, 5) is 25.5. The molecule has 0 saturated heterocycles. The van der Waals surface area contributed by atoms with Gasteiger partial charge in [-0.1, -0.05) is 0 Å². The molecule has 8 nitrogen and oxygen atoms in total. The summed E-state index contributed by atoms with van der Waals surface area (Å²) in [5.74, 6) is 1.07. The SMILES string of the molecule is CN1C(=O)COc2ccc(NC(=O)Nc3ccnn3C(C)(C)C)cc21. The molecule has 0 fully saturated rings. The lowest BCUT2D eigenvalue weighted by Crippen LogP contribution is -2.35. The smallest absolute Gasteiger partial charge is 0.324 e. The summed E-state index contributed by atoms with van der Waals surface area (Å²) < 4.78 is 7.11. The average molecular weight is 343 g/mol. The van der Waals surface area contributed by atoms with Gasteiger partial charge in [-0.3, -0.25) is 10.1 Å². The first-order chi connectivity index (χ1) is 11.8. The number of ether oxygens (including phenoxy) is 1. The van der Waals surface area contributed by atoms with Crippen LogP contribution in [0.3, 0.4) is 0 Å². The van der Waals surface area contributed by atoms with E-state index in [9.17, 15) is 9.59 Å². The topological polar surface area (TPSA) is 88.5 Å². The minimum atomic E-state index is -0.392. The van der Waals surface area contributed by atoms with Crippen molar-refractivity contribution in [2.24, 2.45) is 0 Å². The van der Waals surface area contributed by atoms with Crippen LogP contribution >= 0.6 is 0 Å². The summed E-state index contributed by atoms with van der Waals surface area (Å²) in [7, 11) is 1.68. The number of hydrogen-bond acceptors (Lipinski definition) is 4. The number of nitrogens with one attached hydrogen (secondary N) is 2. The van der Waals surface area contributed by atoms with Gasteiger partial charge in [0, 0.05) is 18.8 Å². The zero-order valence-corrected chi connectivity index (χ0v) is 14.7. The predicted molar refractivity (Wildman–Crippen MR) is 95.2 cm³/mol. The molecule has 0 saturated carbocycles. The van der Waals surface area contributed by atoms with Gasteiger partial charge in [0.1, 0.15) is 11.6 Å². The number of fused-ring (bicyclic) bond motifs is 1. The Balaban J connectivity index is 1.74. The molecule has 0 atom stereocenters. The molecule has 1 aliphatic rings. The number of nitrogens with zero attached hydrogens (tertiary/aromatic N) is 3. The number of carbonyl (C=O) groups is 2. The maximum Gasteiger partial charge on any atom is 0.324 e. The third-order valence-electron chi connectivity index (χ3n) is 3.82. The average Bonchev–Trinajstić information content (AvgIpc) is 2.99. The molecule has 0 aliphatic carbocycles. The van der Waals surface area contributed by atoms with Crippen LogP contribution < -0.4 is 20.3 Å². The fraction of sp³-hybridized carbons (Fsp3) is 0.353. The second-order valence-corrected chi connectivity index (χ2v) is 6.80. The summed E-state index contributed by atoms with van der Waals surface area (Å²) in [5.41, 5.74) is 0.926. The Labute approximate surface area is 145 Å². The third-order valence-corrected chi connectivity index (χ3v) is 3.82. The van der Waals surface area contributed by atoms with E-state index >= 15 is 0 Å². The molecular formula is C17H21N5O3. The first kappa shape index (κ1) is 16.8. The molecule has 3 amide bonds. The minimum absolute atomic E-state index is 0.0214. The van der Waals surface area contributed by atoms with Gasteiger partial charge in [0.25, 0.3) is 5.91 Å². The summed E-state index contributed by atoms with van der Waals surface area (Å²) in [6.45, 7) is 6.02. The maximum absolute atomic E-state index is 12.3. The summed E-state index contributed by atoms with van der Waals surface area (Å²) >= 11 is 0. The fourth-order valence-corrected chi connectivity index (χ4v) is 2.56. The van der Waals surface area contributed by atoms with Crippen molar-refractivity contribution in [1.29, 1.82) is 0 Å². The third kappa shape index (κ3) is 3.42. The molecule has 1 aromatic carbocycles. The molecule has 2 aromatic rings. The normalized spacial score (nSPS) is 13.9. The molecule has 25 heavy (non-hydrogen) atoms. The van der Waals surface area contributed by atoms with E-state index in [2.05, 4.69) is 15.7 Å². The standard InChI is InChI=1S/C17H21N5O3/c1-17(2,3)22-14(7-8-18-22)20-16(24)19-11-5-6-13-12(9-11)21(4)15(23)10-25-13/h5-9H,10H2,1-4H3,(H2,19,20,24). The predicted octanol–water partition coefficient (Wildman–Crippen LogP) is 2.64. The number of hydrogen-bond donors (Lipinski definition) is 2. The molecule has 0 spiro atoms. The van der Waals surface area contributed by atoms with Gasteiger partial charge in [-0.15, -0.1) is 0 Å². The number of urea groups is 1. The van der Waals surface area contributed by atoms with Gasteiger partial charge in [0.05, 0.1) is 17.4 Å². The highest BCUT2D eigenvalue weighted by Crippen LogP contribution is 2.33. The number of rotatable bonds is 2. The van der Waals surface area contributed by atoms with Gasteiger partial charge in [-0.2, -0.15) is 5.10 Å². The quantitative estimate of drug-likeness (QED) is 0.877. The molecule has 132 valence electrons. The van der Waals surface area contributed by atoms with Gasteiger partial charge in [0.15, 0.2) is 6.61 Å². The van der Waals surface area contributed by atoms with E-state index in [4.69, 9.17) is 4.74 Å². The molecule has 2 N–H and O–H groups in total. The van der Waals surface area contributed by atoms with E-state index in [0.717, 1.165) is 0 Å². The molecular weight excluding hydrogens is 322 g/mol. The van der Waals surface area contributed by atoms with E-state index in [1.165, 1.54) is 4.90 Å². The van der Waals surface area contributed by atoms with E-state index in [-0.39, 0.29) is 18.1 Å². The highest BCUT2D eigenvalue weighted by atomic mass is 16.5. The number of likely N-dealkylation sites (N-methyl/N-ethyl adjacent to an activating group) is 1. The van der Waals surface area contributed by atoms with Gasteiger partial charge in [-0.05, 0) is 39.0 Å². The lowest BCUT2D eigenvalue weighted by atomic mass is 10.1. The van der Waals surface area contributed by atoms with Crippen molar-refractivity contribution >= 4 is 29.1 Å². The number of carbonyl (C=O) groups excluding carboxylic acids is 2. The molecule has 1 aromatic heterocycles. The van der Waals surface area contributed by atoms with Gasteiger partial charge in [-0.25, -0.2) is 9.48 Å². The Morgan fingerprint density at radius 2 is 2.00 bits per heavy atom. The lowest BCUT2D eigenvalue weighted by Gasteiger charge is -2.26. The van der Waals surface area contributed by atoms with Crippen LogP contribution in [-0.2, 0) is 10.3 Å². The van der Waals surface area contributed by atoms with Crippen LogP contribution in [-0.4, -0.2) is 35.4 Å². The second-order valence-electron chi connectivity index (χ2n) is 6.80. The van der Waals surface area contributed by atoms with Crippen LogP contribution in [0.4, 0.5) is 22.0 Å². The van der Waals surface area contributed by atoms with Gasteiger partial charge >= 0.3 is 6.03 Å². The lowest BCUT2D eigenvalue weighted by molar-refractivity contribution is -0.120. The Kier molecular flexibility index (Phi) is 4.12.